The molecule has 0 spiro atoms. The third-order valence-corrected chi connectivity index (χ3v) is 3.37. The molecule has 2 N–H and O–H groups in total. The van der Waals surface area contributed by atoms with Crippen molar-refractivity contribution < 1.29 is 14.7 Å². The Hall–Kier alpha value is -1.84. The third-order valence-electron chi connectivity index (χ3n) is 3.37. The maximum absolute atomic E-state index is 12.1. The average molecular weight is 233 g/mol. The van der Waals surface area contributed by atoms with Gasteiger partial charge in [-0.05, 0) is 18.4 Å². The number of aliphatic carboxylic acids is 1. The van der Waals surface area contributed by atoms with E-state index in [1.807, 2.05) is 30.3 Å². The minimum Gasteiger partial charge on any atom is -0.480 e. The van der Waals surface area contributed by atoms with Gasteiger partial charge in [-0.3, -0.25) is 9.59 Å². The summed E-state index contributed by atoms with van der Waals surface area (Å²) in [7, 11) is 0. The van der Waals surface area contributed by atoms with Crippen molar-refractivity contribution >= 4 is 11.9 Å². The predicted octanol–water partition coefficient (Wildman–Crippen LogP) is 1.31. The Bertz CT molecular complexity index is 424. The molecule has 1 saturated carbocycles. The van der Waals surface area contributed by atoms with Crippen molar-refractivity contribution in [1.29, 1.82) is 0 Å². The first-order chi connectivity index (χ1) is 8.15. The fraction of sp³-hybridized carbons (Fsp3) is 0.385. The Morgan fingerprint density at radius 1 is 1.24 bits per heavy atom. The van der Waals surface area contributed by atoms with Gasteiger partial charge >= 0.3 is 5.97 Å². The lowest BCUT2D eigenvalue weighted by Crippen LogP contribution is -2.50. The lowest BCUT2D eigenvalue weighted by molar-refractivity contribution is -0.139. The summed E-state index contributed by atoms with van der Waals surface area (Å²) < 4.78 is 0. The summed E-state index contributed by atoms with van der Waals surface area (Å²) in [6.45, 7) is -0.312. The van der Waals surface area contributed by atoms with Crippen LogP contribution < -0.4 is 5.32 Å². The van der Waals surface area contributed by atoms with Crippen LogP contribution in [0.4, 0.5) is 0 Å². The number of benzene rings is 1. The maximum Gasteiger partial charge on any atom is 0.322 e. The molecule has 1 aliphatic rings. The van der Waals surface area contributed by atoms with Gasteiger partial charge in [-0.1, -0.05) is 36.8 Å². The van der Waals surface area contributed by atoms with E-state index in [1.54, 1.807) is 0 Å². The van der Waals surface area contributed by atoms with Crippen LogP contribution in [-0.4, -0.2) is 23.5 Å². The van der Waals surface area contributed by atoms with Gasteiger partial charge in [-0.15, -0.1) is 0 Å². The quantitative estimate of drug-likeness (QED) is 0.824. The van der Waals surface area contributed by atoms with E-state index in [1.165, 1.54) is 0 Å². The zero-order valence-electron chi connectivity index (χ0n) is 9.48. The smallest absolute Gasteiger partial charge is 0.322 e. The topological polar surface area (TPSA) is 66.4 Å². The number of rotatable bonds is 4. The molecule has 0 bridgehead atoms. The highest BCUT2D eigenvalue weighted by molar-refractivity contribution is 5.91. The second-order valence-electron chi connectivity index (χ2n) is 4.38. The molecular formula is C13H15NO3. The van der Waals surface area contributed by atoms with Gasteiger partial charge in [-0.25, -0.2) is 0 Å². The van der Waals surface area contributed by atoms with Gasteiger partial charge in [0.15, 0.2) is 0 Å². The molecule has 0 unspecified atom stereocenters. The van der Waals surface area contributed by atoms with E-state index in [-0.39, 0.29) is 12.5 Å². The molecule has 1 aromatic rings. The first-order valence-corrected chi connectivity index (χ1v) is 5.71. The Morgan fingerprint density at radius 2 is 1.88 bits per heavy atom. The van der Waals surface area contributed by atoms with Gasteiger partial charge in [0.2, 0.25) is 5.91 Å². The summed E-state index contributed by atoms with van der Waals surface area (Å²) >= 11 is 0. The van der Waals surface area contributed by atoms with Crippen molar-refractivity contribution in [2.75, 3.05) is 6.54 Å². The van der Waals surface area contributed by atoms with Gasteiger partial charge in [-0.2, -0.15) is 0 Å². The van der Waals surface area contributed by atoms with Gasteiger partial charge in [0.05, 0.1) is 5.41 Å². The highest BCUT2D eigenvalue weighted by Crippen LogP contribution is 2.43. The molecule has 2 rings (SSSR count). The number of carboxylic acid groups (broad SMARTS) is 1. The zero-order chi connectivity index (χ0) is 12.3. The van der Waals surface area contributed by atoms with Crippen LogP contribution in [0, 0.1) is 0 Å². The average Bonchev–Trinajstić information content (AvgIpc) is 2.26. The maximum atomic E-state index is 12.1. The van der Waals surface area contributed by atoms with Crippen LogP contribution in [0.1, 0.15) is 24.8 Å². The minimum absolute atomic E-state index is 0.169. The molecule has 0 aliphatic heterocycles. The van der Waals surface area contributed by atoms with E-state index in [0.717, 1.165) is 24.8 Å². The van der Waals surface area contributed by atoms with E-state index in [2.05, 4.69) is 5.32 Å². The van der Waals surface area contributed by atoms with E-state index in [4.69, 9.17) is 5.11 Å². The summed E-state index contributed by atoms with van der Waals surface area (Å²) in [5.74, 6) is -1.18. The highest BCUT2D eigenvalue weighted by atomic mass is 16.4. The molecule has 4 nitrogen and oxygen atoms in total. The minimum atomic E-state index is -1.01. The van der Waals surface area contributed by atoms with E-state index < -0.39 is 11.4 Å². The number of amides is 1. The number of hydrogen-bond donors (Lipinski definition) is 2. The first-order valence-electron chi connectivity index (χ1n) is 5.71. The van der Waals surface area contributed by atoms with Gasteiger partial charge in [0.25, 0.3) is 0 Å². The van der Waals surface area contributed by atoms with E-state index in [9.17, 15) is 9.59 Å². The van der Waals surface area contributed by atoms with Crippen molar-refractivity contribution in [1.82, 2.24) is 5.32 Å². The fourth-order valence-corrected chi connectivity index (χ4v) is 2.26. The first kappa shape index (κ1) is 11.6. The zero-order valence-corrected chi connectivity index (χ0v) is 9.48. The van der Waals surface area contributed by atoms with Crippen LogP contribution in [-0.2, 0) is 15.0 Å². The van der Waals surface area contributed by atoms with Crippen molar-refractivity contribution in [3.05, 3.63) is 35.9 Å². The molecule has 90 valence electrons. The van der Waals surface area contributed by atoms with Crippen LogP contribution in [0.5, 0.6) is 0 Å². The van der Waals surface area contributed by atoms with Gasteiger partial charge in [0.1, 0.15) is 6.54 Å². The van der Waals surface area contributed by atoms with Crippen LogP contribution in [0.25, 0.3) is 0 Å². The molecule has 17 heavy (non-hydrogen) atoms. The Kier molecular flexibility index (Phi) is 3.13. The Morgan fingerprint density at radius 3 is 2.35 bits per heavy atom. The van der Waals surface area contributed by atoms with E-state index >= 15 is 0 Å². The molecule has 1 aromatic carbocycles. The van der Waals surface area contributed by atoms with Crippen LogP contribution >= 0.6 is 0 Å². The molecule has 1 fully saturated rings. The predicted molar refractivity (Wildman–Crippen MR) is 62.6 cm³/mol. The molecule has 0 heterocycles. The molecule has 1 aliphatic carbocycles. The summed E-state index contributed by atoms with van der Waals surface area (Å²) in [6, 6.07) is 9.57. The highest BCUT2D eigenvalue weighted by Gasteiger charge is 2.45. The Balaban J connectivity index is 2.15. The number of hydrogen-bond acceptors (Lipinski definition) is 2. The second-order valence-corrected chi connectivity index (χ2v) is 4.38. The number of carboxylic acids is 1. The number of carbonyl (C=O) groups is 2. The normalized spacial score (nSPS) is 16.9. The molecule has 4 heteroatoms. The van der Waals surface area contributed by atoms with Crippen LogP contribution in [0.3, 0.4) is 0 Å². The van der Waals surface area contributed by atoms with Crippen LogP contribution in [0.15, 0.2) is 30.3 Å². The summed E-state index contributed by atoms with van der Waals surface area (Å²) in [4.78, 5) is 22.5. The lowest BCUT2D eigenvalue weighted by atomic mass is 9.64. The lowest BCUT2D eigenvalue weighted by Gasteiger charge is -2.40. The van der Waals surface area contributed by atoms with Crippen molar-refractivity contribution in [3.8, 4) is 0 Å². The van der Waals surface area contributed by atoms with Gasteiger partial charge < -0.3 is 10.4 Å². The summed E-state index contributed by atoms with van der Waals surface area (Å²) in [6.07, 6.45) is 2.60. The molecule has 0 saturated heterocycles. The number of carbonyl (C=O) groups excluding carboxylic acids is 1. The molecule has 0 atom stereocenters. The molecule has 0 radical (unpaired) electrons. The summed E-state index contributed by atoms with van der Waals surface area (Å²) in [5.41, 5.74) is 0.477. The van der Waals surface area contributed by atoms with Crippen molar-refractivity contribution in [3.63, 3.8) is 0 Å². The van der Waals surface area contributed by atoms with Crippen molar-refractivity contribution in [2.45, 2.75) is 24.7 Å². The number of nitrogens with one attached hydrogen (secondary N) is 1. The van der Waals surface area contributed by atoms with Gasteiger partial charge in [0, 0.05) is 0 Å². The van der Waals surface area contributed by atoms with E-state index in [0.29, 0.717) is 0 Å². The SMILES string of the molecule is O=C(O)CNC(=O)C1(c2ccccc2)CCC1. The molecule has 1 amide bonds. The molecule has 0 aromatic heterocycles. The Labute approximate surface area is 99.6 Å². The van der Waals surface area contributed by atoms with Crippen molar-refractivity contribution in [2.24, 2.45) is 0 Å². The van der Waals surface area contributed by atoms with Crippen LogP contribution in [0.2, 0.25) is 0 Å². The second kappa shape index (κ2) is 4.57. The third kappa shape index (κ3) is 2.16. The largest absolute Gasteiger partial charge is 0.480 e. The monoisotopic (exact) mass is 233 g/mol. The summed E-state index contributed by atoms with van der Waals surface area (Å²) in [5, 5.41) is 11.1. The molecular weight excluding hydrogens is 218 g/mol. The fourth-order valence-electron chi connectivity index (χ4n) is 2.26. The standard InChI is InChI=1S/C13H15NO3/c15-11(16)9-14-12(17)13(7-4-8-13)10-5-2-1-3-6-10/h1-3,5-6H,4,7-9H2,(H,14,17)(H,15,16).